The average Bonchev–Trinajstić information content (AvgIpc) is 2.40. The summed E-state index contributed by atoms with van der Waals surface area (Å²) in [5.74, 6) is 0.0206. The number of nitrogen functional groups attached to an aromatic ring is 1. The monoisotopic (exact) mass is 275 g/mol. The van der Waals surface area contributed by atoms with E-state index in [4.69, 9.17) is 10.5 Å². The van der Waals surface area contributed by atoms with Gasteiger partial charge in [-0.25, -0.2) is 9.18 Å². The third kappa shape index (κ3) is 3.38. The lowest BCUT2D eigenvalue weighted by Crippen LogP contribution is -2.19. The number of halogens is 1. The molecule has 0 bridgehead atoms. The van der Waals surface area contributed by atoms with Crippen molar-refractivity contribution < 1.29 is 13.9 Å². The van der Waals surface area contributed by atoms with Gasteiger partial charge in [0.25, 0.3) is 0 Å². The molecule has 0 heterocycles. The molecule has 0 fully saturated rings. The van der Waals surface area contributed by atoms with Crippen LogP contribution in [0.3, 0.4) is 0 Å². The highest BCUT2D eigenvalue weighted by Gasteiger charge is 2.08. The molecule has 0 atom stereocenters. The zero-order valence-corrected chi connectivity index (χ0v) is 10.8. The first kappa shape index (κ1) is 13.7. The minimum absolute atomic E-state index is 0.358. The Labute approximate surface area is 115 Å². The number of rotatable bonds is 3. The molecule has 0 radical (unpaired) electrons. The first-order valence-corrected chi connectivity index (χ1v) is 5.85. The molecule has 0 saturated carbocycles. The number of anilines is 3. The van der Waals surface area contributed by atoms with Crippen LogP contribution in [0.15, 0.2) is 42.5 Å². The highest BCUT2D eigenvalue weighted by Crippen LogP contribution is 2.26. The van der Waals surface area contributed by atoms with Crippen molar-refractivity contribution in [2.75, 3.05) is 23.5 Å². The summed E-state index contributed by atoms with van der Waals surface area (Å²) in [5.41, 5.74) is 6.98. The molecule has 0 aliphatic carbocycles. The van der Waals surface area contributed by atoms with Crippen LogP contribution in [0.5, 0.6) is 5.75 Å². The number of carbonyl (C=O) groups is 1. The molecule has 4 N–H and O–H groups in total. The average molecular weight is 275 g/mol. The molecule has 0 spiro atoms. The van der Waals surface area contributed by atoms with Crippen LogP contribution >= 0.6 is 0 Å². The van der Waals surface area contributed by atoms with Crippen LogP contribution in [-0.2, 0) is 0 Å². The summed E-state index contributed by atoms with van der Waals surface area (Å²) in [6.45, 7) is 0. The molecule has 5 nitrogen and oxygen atoms in total. The Morgan fingerprint density at radius 2 is 2.00 bits per heavy atom. The fourth-order valence-electron chi connectivity index (χ4n) is 1.66. The predicted octanol–water partition coefficient (Wildman–Crippen LogP) is 3.06. The minimum atomic E-state index is -0.501. The number of amides is 2. The Balaban J connectivity index is 2.08. The van der Waals surface area contributed by atoms with Crippen molar-refractivity contribution >= 4 is 23.1 Å². The summed E-state index contributed by atoms with van der Waals surface area (Å²) in [6.07, 6.45) is 0. The van der Waals surface area contributed by atoms with Gasteiger partial charge < -0.3 is 21.1 Å². The number of carbonyl (C=O) groups excluding carboxylic acids is 1. The van der Waals surface area contributed by atoms with E-state index in [1.165, 1.54) is 25.3 Å². The standard InChI is InChI=1S/C14H14FN3O2/c1-20-13-8-10(16)5-6-12(13)18-14(19)17-11-4-2-3-9(15)7-11/h2-8H,16H2,1H3,(H2,17,18,19). The predicted molar refractivity (Wildman–Crippen MR) is 76.4 cm³/mol. The van der Waals surface area contributed by atoms with Gasteiger partial charge in [-0.2, -0.15) is 0 Å². The Morgan fingerprint density at radius 3 is 2.70 bits per heavy atom. The van der Waals surface area contributed by atoms with Gasteiger partial charge >= 0.3 is 6.03 Å². The van der Waals surface area contributed by atoms with Crippen molar-refractivity contribution in [1.82, 2.24) is 0 Å². The van der Waals surface area contributed by atoms with Crippen molar-refractivity contribution in [2.45, 2.75) is 0 Å². The number of urea groups is 1. The van der Waals surface area contributed by atoms with Gasteiger partial charge in [0.1, 0.15) is 11.6 Å². The van der Waals surface area contributed by atoms with Crippen molar-refractivity contribution in [2.24, 2.45) is 0 Å². The van der Waals surface area contributed by atoms with Crippen LogP contribution in [0, 0.1) is 5.82 Å². The fraction of sp³-hybridized carbons (Fsp3) is 0.0714. The number of nitrogens with two attached hydrogens (primary N) is 1. The Kier molecular flexibility index (Phi) is 4.05. The summed E-state index contributed by atoms with van der Waals surface area (Å²) in [7, 11) is 1.48. The smallest absolute Gasteiger partial charge is 0.323 e. The second kappa shape index (κ2) is 5.92. The molecule has 2 rings (SSSR count). The van der Waals surface area contributed by atoms with Crippen LogP contribution in [0.2, 0.25) is 0 Å². The molecular weight excluding hydrogens is 261 g/mol. The molecule has 0 unspecified atom stereocenters. The molecule has 0 saturated heterocycles. The molecule has 6 heteroatoms. The maximum absolute atomic E-state index is 13.0. The quantitative estimate of drug-likeness (QED) is 0.753. The van der Waals surface area contributed by atoms with E-state index in [1.807, 2.05) is 0 Å². The van der Waals surface area contributed by atoms with E-state index in [9.17, 15) is 9.18 Å². The third-order valence-corrected chi connectivity index (χ3v) is 2.56. The maximum atomic E-state index is 13.0. The summed E-state index contributed by atoms with van der Waals surface area (Å²) < 4.78 is 18.1. The molecule has 0 aromatic heterocycles. The number of ether oxygens (including phenoxy) is 1. The van der Waals surface area contributed by atoms with Gasteiger partial charge in [-0.3, -0.25) is 0 Å². The van der Waals surface area contributed by atoms with Gasteiger partial charge in [-0.1, -0.05) is 6.07 Å². The normalized spacial score (nSPS) is 9.90. The van der Waals surface area contributed by atoms with E-state index in [1.54, 1.807) is 24.3 Å². The van der Waals surface area contributed by atoms with Crippen LogP contribution < -0.4 is 21.1 Å². The largest absolute Gasteiger partial charge is 0.494 e. The number of hydrogen-bond donors (Lipinski definition) is 3. The van der Waals surface area contributed by atoms with Crippen LogP contribution in [0.1, 0.15) is 0 Å². The Hall–Kier alpha value is -2.76. The number of nitrogens with one attached hydrogen (secondary N) is 2. The fourth-order valence-corrected chi connectivity index (χ4v) is 1.66. The maximum Gasteiger partial charge on any atom is 0.323 e. The van der Waals surface area contributed by atoms with E-state index < -0.39 is 11.8 Å². The summed E-state index contributed by atoms with van der Waals surface area (Å²) in [5, 5.41) is 5.12. The first-order chi connectivity index (χ1) is 9.58. The van der Waals surface area contributed by atoms with Gasteiger partial charge in [-0.05, 0) is 30.3 Å². The zero-order valence-electron chi connectivity index (χ0n) is 10.8. The zero-order chi connectivity index (χ0) is 14.5. The SMILES string of the molecule is COc1cc(N)ccc1NC(=O)Nc1cccc(F)c1. The molecule has 2 aromatic carbocycles. The van der Waals surface area contributed by atoms with Gasteiger partial charge in [0.05, 0.1) is 12.8 Å². The number of benzene rings is 2. The summed E-state index contributed by atoms with van der Waals surface area (Å²) in [4.78, 5) is 11.8. The number of methoxy groups -OCH3 is 1. The minimum Gasteiger partial charge on any atom is -0.494 e. The van der Waals surface area contributed by atoms with E-state index >= 15 is 0 Å². The molecule has 2 aromatic rings. The van der Waals surface area contributed by atoms with Crippen molar-refractivity contribution in [3.05, 3.63) is 48.3 Å². The van der Waals surface area contributed by atoms with Gasteiger partial charge in [0.15, 0.2) is 0 Å². The molecule has 0 aliphatic heterocycles. The lowest BCUT2D eigenvalue weighted by molar-refractivity contribution is 0.262. The van der Waals surface area contributed by atoms with Crippen LogP contribution in [0.4, 0.5) is 26.2 Å². The third-order valence-electron chi connectivity index (χ3n) is 2.56. The molecule has 2 amide bonds. The molecule has 20 heavy (non-hydrogen) atoms. The summed E-state index contributed by atoms with van der Waals surface area (Å²) >= 11 is 0. The second-order valence-corrected chi connectivity index (χ2v) is 4.05. The van der Waals surface area contributed by atoms with E-state index in [0.717, 1.165) is 0 Å². The second-order valence-electron chi connectivity index (χ2n) is 4.05. The van der Waals surface area contributed by atoms with E-state index in [-0.39, 0.29) is 0 Å². The lowest BCUT2D eigenvalue weighted by Gasteiger charge is -2.11. The summed E-state index contributed by atoms with van der Waals surface area (Å²) in [6, 6.07) is 9.97. The van der Waals surface area contributed by atoms with Crippen LogP contribution in [0.25, 0.3) is 0 Å². The van der Waals surface area contributed by atoms with E-state index in [2.05, 4.69) is 10.6 Å². The van der Waals surface area contributed by atoms with Crippen molar-refractivity contribution in [3.8, 4) is 5.75 Å². The highest BCUT2D eigenvalue weighted by atomic mass is 19.1. The van der Waals surface area contributed by atoms with Gasteiger partial charge in [-0.15, -0.1) is 0 Å². The lowest BCUT2D eigenvalue weighted by atomic mass is 10.2. The molecule has 0 aliphatic rings. The van der Waals surface area contributed by atoms with Crippen molar-refractivity contribution in [1.29, 1.82) is 0 Å². The van der Waals surface area contributed by atoms with Crippen LogP contribution in [-0.4, -0.2) is 13.1 Å². The van der Waals surface area contributed by atoms with Crippen molar-refractivity contribution in [3.63, 3.8) is 0 Å². The highest BCUT2D eigenvalue weighted by molar-refractivity contribution is 6.00. The Bertz CT molecular complexity index is 632. The van der Waals surface area contributed by atoms with E-state index in [0.29, 0.717) is 22.8 Å². The Morgan fingerprint density at radius 1 is 1.20 bits per heavy atom. The van der Waals surface area contributed by atoms with Gasteiger partial charge in [0, 0.05) is 17.4 Å². The molecular formula is C14H14FN3O2. The van der Waals surface area contributed by atoms with Gasteiger partial charge in [0.2, 0.25) is 0 Å². The number of hydrogen-bond acceptors (Lipinski definition) is 3. The topological polar surface area (TPSA) is 76.4 Å². The molecule has 104 valence electrons. The first-order valence-electron chi connectivity index (χ1n) is 5.85.